The average Bonchev–Trinajstić information content (AvgIpc) is 3.07. The predicted octanol–water partition coefficient (Wildman–Crippen LogP) is 2.09. The van der Waals surface area contributed by atoms with Gasteiger partial charge in [-0.2, -0.15) is 0 Å². The molecule has 1 saturated carbocycles. The summed E-state index contributed by atoms with van der Waals surface area (Å²) in [5, 5.41) is 3.23. The molecule has 1 aromatic rings. The van der Waals surface area contributed by atoms with E-state index in [9.17, 15) is 4.39 Å². The van der Waals surface area contributed by atoms with E-state index in [0.29, 0.717) is 6.61 Å². The maximum Gasteiger partial charge on any atom is 0.127 e. The molecule has 1 aliphatic heterocycles. The van der Waals surface area contributed by atoms with E-state index in [0.717, 1.165) is 31.2 Å². The Bertz CT molecular complexity index is 399. The lowest BCUT2D eigenvalue weighted by atomic mass is 9.75. The monoisotopic (exact) mass is 235 g/mol. The van der Waals surface area contributed by atoms with E-state index in [1.165, 1.54) is 18.9 Å². The third kappa shape index (κ3) is 2.22. The molecule has 92 valence electrons. The third-order valence-electron chi connectivity index (χ3n) is 3.80. The summed E-state index contributed by atoms with van der Waals surface area (Å²) in [4.78, 5) is 0. The van der Waals surface area contributed by atoms with Crippen LogP contribution in [0, 0.1) is 11.7 Å². The van der Waals surface area contributed by atoms with Crippen LogP contribution in [-0.2, 0) is 10.2 Å². The molecule has 1 aromatic carbocycles. The molecule has 1 saturated heterocycles. The van der Waals surface area contributed by atoms with Gasteiger partial charge in [-0.05, 0) is 30.4 Å². The lowest BCUT2D eigenvalue weighted by Crippen LogP contribution is -2.59. The fourth-order valence-electron chi connectivity index (χ4n) is 2.39. The number of rotatable bonds is 5. The molecule has 2 nitrogen and oxygen atoms in total. The molecule has 0 atom stereocenters. The van der Waals surface area contributed by atoms with Gasteiger partial charge in [0.25, 0.3) is 0 Å². The molecule has 0 bridgehead atoms. The summed E-state index contributed by atoms with van der Waals surface area (Å²) < 4.78 is 19.6. The molecular formula is C14H18FNO. The van der Waals surface area contributed by atoms with Crippen LogP contribution < -0.4 is 5.32 Å². The van der Waals surface area contributed by atoms with E-state index in [-0.39, 0.29) is 11.2 Å². The second-order valence-corrected chi connectivity index (χ2v) is 5.32. The molecule has 0 amide bonds. The second kappa shape index (κ2) is 4.39. The smallest absolute Gasteiger partial charge is 0.127 e. The standard InChI is InChI=1S/C14H18FNO/c15-13-4-2-1-3-12(13)14(8-16-9-14)10-17-7-11-5-6-11/h1-4,11,16H,5-10H2. The second-order valence-electron chi connectivity index (χ2n) is 5.32. The van der Waals surface area contributed by atoms with Crippen molar-refractivity contribution >= 4 is 0 Å². The number of hydrogen-bond acceptors (Lipinski definition) is 2. The summed E-state index contributed by atoms with van der Waals surface area (Å²) in [5.41, 5.74) is 0.662. The molecular weight excluding hydrogens is 217 g/mol. The van der Waals surface area contributed by atoms with Crippen LogP contribution >= 0.6 is 0 Å². The molecule has 0 radical (unpaired) electrons. The minimum absolute atomic E-state index is 0.107. The quantitative estimate of drug-likeness (QED) is 0.844. The van der Waals surface area contributed by atoms with Gasteiger partial charge in [-0.3, -0.25) is 0 Å². The van der Waals surface area contributed by atoms with E-state index >= 15 is 0 Å². The number of hydrogen-bond donors (Lipinski definition) is 1. The van der Waals surface area contributed by atoms with Crippen LogP contribution in [0.25, 0.3) is 0 Å². The van der Waals surface area contributed by atoms with Gasteiger partial charge in [0.15, 0.2) is 0 Å². The molecule has 1 aliphatic carbocycles. The van der Waals surface area contributed by atoms with E-state index in [1.54, 1.807) is 6.07 Å². The topological polar surface area (TPSA) is 21.3 Å². The Morgan fingerprint density at radius 2 is 2.06 bits per heavy atom. The van der Waals surface area contributed by atoms with E-state index < -0.39 is 0 Å². The molecule has 0 spiro atoms. The number of halogens is 1. The number of ether oxygens (including phenoxy) is 1. The predicted molar refractivity (Wildman–Crippen MR) is 64.5 cm³/mol. The zero-order valence-corrected chi connectivity index (χ0v) is 9.92. The van der Waals surface area contributed by atoms with Crippen LogP contribution in [0.1, 0.15) is 18.4 Å². The van der Waals surface area contributed by atoms with Gasteiger partial charge in [0.1, 0.15) is 5.82 Å². The first kappa shape index (κ1) is 11.2. The Hall–Kier alpha value is -0.930. The van der Waals surface area contributed by atoms with Gasteiger partial charge in [-0.15, -0.1) is 0 Å². The van der Waals surface area contributed by atoms with Crippen molar-refractivity contribution in [3.8, 4) is 0 Å². The van der Waals surface area contributed by atoms with Crippen molar-refractivity contribution in [3.05, 3.63) is 35.6 Å². The van der Waals surface area contributed by atoms with Crippen LogP contribution in [-0.4, -0.2) is 26.3 Å². The Morgan fingerprint density at radius 1 is 1.29 bits per heavy atom. The number of nitrogens with one attached hydrogen (secondary N) is 1. The first-order chi connectivity index (χ1) is 8.30. The highest BCUT2D eigenvalue weighted by atomic mass is 19.1. The summed E-state index contributed by atoms with van der Waals surface area (Å²) in [7, 11) is 0. The van der Waals surface area contributed by atoms with Gasteiger partial charge in [0.05, 0.1) is 6.61 Å². The first-order valence-corrected chi connectivity index (χ1v) is 6.34. The van der Waals surface area contributed by atoms with Gasteiger partial charge in [-0.25, -0.2) is 4.39 Å². The van der Waals surface area contributed by atoms with E-state index in [4.69, 9.17) is 4.74 Å². The van der Waals surface area contributed by atoms with Crippen LogP contribution in [0.4, 0.5) is 4.39 Å². The lowest BCUT2D eigenvalue weighted by Gasteiger charge is -2.43. The van der Waals surface area contributed by atoms with Gasteiger partial charge in [0.2, 0.25) is 0 Å². The molecule has 0 unspecified atom stereocenters. The lowest BCUT2D eigenvalue weighted by molar-refractivity contribution is 0.0498. The Balaban J connectivity index is 1.69. The van der Waals surface area contributed by atoms with Crippen molar-refractivity contribution in [2.75, 3.05) is 26.3 Å². The van der Waals surface area contributed by atoms with Crippen molar-refractivity contribution < 1.29 is 9.13 Å². The largest absolute Gasteiger partial charge is 0.380 e. The minimum Gasteiger partial charge on any atom is -0.380 e. The fourth-order valence-corrected chi connectivity index (χ4v) is 2.39. The zero-order valence-electron chi connectivity index (χ0n) is 9.92. The van der Waals surface area contributed by atoms with Gasteiger partial charge in [-0.1, -0.05) is 18.2 Å². The van der Waals surface area contributed by atoms with Crippen LogP contribution in [0.2, 0.25) is 0 Å². The van der Waals surface area contributed by atoms with Gasteiger partial charge >= 0.3 is 0 Å². The first-order valence-electron chi connectivity index (χ1n) is 6.34. The highest BCUT2D eigenvalue weighted by Gasteiger charge is 2.41. The van der Waals surface area contributed by atoms with Crippen molar-refractivity contribution in [1.29, 1.82) is 0 Å². The summed E-state index contributed by atoms with van der Waals surface area (Å²) in [6.45, 7) is 3.12. The maximum atomic E-state index is 13.8. The summed E-state index contributed by atoms with van der Waals surface area (Å²) in [5.74, 6) is 0.657. The summed E-state index contributed by atoms with van der Waals surface area (Å²) in [6, 6.07) is 7.07. The Morgan fingerprint density at radius 3 is 2.65 bits per heavy atom. The van der Waals surface area contributed by atoms with Crippen LogP contribution in [0.5, 0.6) is 0 Å². The van der Waals surface area contributed by atoms with E-state index in [2.05, 4.69) is 5.32 Å². The molecule has 3 heteroatoms. The highest BCUT2D eigenvalue weighted by Crippen LogP contribution is 2.33. The van der Waals surface area contributed by atoms with Gasteiger partial charge < -0.3 is 10.1 Å². The summed E-state index contributed by atoms with van der Waals surface area (Å²) >= 11 is 0. The van der Waals surface area contributed by atoms with Crippen molar-refractivity contribution in [2.24, 2.45) is 5.92 Å². The van der Waals surface area contributed by atoms with Crippen molar-refractivity contribution in [3.63, 3.8) is 0 Å². The molecule has 17 heavy (non-hydrogen) atoms. The van der Waals surface area contributed by atoms with Crippen molar-refractivity contribution in [2.45, 2.75) is 18.3 Å². The molecule has 2 fully saturated rings. The third-order valence-corrected chi connectivity index (χ3v) is 3.80. The highest BCUT2D eigenvalue weighted by molar-refractivity contribution is 5.31. The Labute approximate surface area is 101 Å². The molecule has 1 heterocycles. The molecule has 3 rings (SSSR count). The maximum absolute atomic E-state index is 13.8. The van der Waals surface area contributed by atoms with Crippen LogP contribution in [0.15, 0.2) is 24.3 Å². The number of benzene rings is 1. The average molecular weight is 235 g/mol. The normalized spacial score (nSPS) is 22.2. The Kier molecular flexibility index (Phi) is 2.89. The SMILES string of the molecule is Fc1ccccc1C1(COCC2CC2)CNC1. The zero-order chi connectivity index (χ0) is 11.7. The molecule has 1 N–H and O–H groups in total. The molecule has 0 aromatic heterocycles. The van der Waals surface area contributed by atoms with Gasteiger partial charge in [0, 0.05) is 25.1 Å². The summed E-state index contributed by atoms with van der Waals surface area (Å²) in [6.07, 6.45) is 2.59. The van der Waals surface area contributed by atoms with Crippen molar-refractivity contribution in [1.82, 2.24) is 5.32 Å². The minimum atomic E-state index is -0.139. The van der Waals surface area contributed by atoms with Crippen LogP contribution in [0.3, 0.4) is 0 Å². The molecule has 2 aliphatic rings. The van der Waals surface area contributed by atoms with E-state index in [1.807, 2.05) is 12.1 Å². The fraction of sp³-hybridized carbons (Fsp3) is 0.571.